The predicted molar refractivity (Wildman–Crippen MR) is 86.0 cm³/mol. The number of hydrogen-bond acceptors (Lipinski definition) is 4. The number of benzene rings is 1. The van der Waals surface area contributed by atoms with Crippen LogP contribution in [0.4, 0.5) is 13.2 Å². The molecule has 2 aromatic rings. The van der Waals surface area contributed by atoms with Crippen LogP contribution in [0.5, 0.6) is 5.75 Å². The third-order valence-corrected chi connectivity index (χ3v) is 4.66. The normalized spacial score (nSPS) is 21.3. The van der Waals surface area contributed by atoms with Crippen LogP contribution in [0.25, 0.3) is 0 Å². The fourth-order valence-electron chi connectivity index (χ4n) is 3.14. The Kier molecular flexibility index (Phi) is 4.99. The Morgan fingerprint density at radius 2 is 1.92 bits per heavy atom. The molecule has 1 aliphatic carbocycles. The number of hydrogen-bond donors (Lipinski definition) is 1. The Morgan fingerprint density at radius 3 is 2.60 bits per heavy atom. The van der Waals surface area contributed by atoms with E-state index in [1.807, 2.05) is 11.6 Å². The highest BCUT2D eigenvalue weighted by Gasteiger charge is 2.30. The van der Waals surface area contributed by atoms with Gasteiger partial charge in [-0.25, -0.2) is 0 Å². The van der Waals surface area contributed by atoms with E-state index in [4.69, 9.17) is 10.5 Å². The Bertz CT molecular complexity index is 721. The van der Waals surface area contributed by atoms with E-state index in [1.165, 1.54) is 12.1 Å². The van der Waals surface area contributed by atoms with E-state index in [1.54, 1.807) is 0 Å². The lowest BCUT2D eigenvalue weighted by Gasteiger charge is -2.25. The molecule has 1 aromatic heterocycles. The molecule has 0 amide bonds. The first kappa shape index (κ1) is 17.7. The number of aromatic nitrogens is 3. The zero-order chi connectivity index (χ0) is 18.0. The predicted octanol–water partition coefficient (Wildman–Crippen LogP) is 3.40. The van der Waals surface area contributed by atoms with Crippen LogP contribution in [0.15, 0.2) is 24.3 Å². The van der Waals surface area contributed by atoms with Gasteiger partial charge in [-0.15, -0.1) is 10.2 Å². The standard InChI is InChI=1S/C17H21F3N4O/c1-24-15(22-23-16(24)11-5-7-13(21)8-6-11)10-25-14-4-2-3-12(9-14)17(18,19)20/h2-4,9,11,13H,5-8,10,21H2,1H3/t11-,13-. The molecule has 0 unspecified atom stereocenters. The highest BCUT2D eigenvalue weighted by atomic mass is 19.4. The second-order valence-electron chi connectivity index (χ2n) is 6.46. The molecular weight excluding hydrogens is 333 g/mol. The first-order valence-electron chi connectivity index (χ1n) is 8.28. The average molecular weight is 354 g/mol. The highest BCUT2D eigenvalue weighted by Crippen LogP contribution is 2.32. The average Bonchev–Trinajstić information content (AvgIpc) is 2.94. The van der Waals surface area contributed by atoms with Crippen LogP contribution in [-0.4, -0.2) is 20.8 Å². The molecule has 1 aromatic carbocycles. The van der Waals surface area contributed by atoms with E-state index in [9.17, 15) is 13.2 Å². The SMILES string of the molecule is Cn1c(COc2cccc(C(F)(F)F)c2)nnc1[C@H]1CC[C@H](N)CC1. The summed E-state index contributed by atoms with van der Waals surface area (Å²) in [6.45, 7) is 0.0665. The molecule has 8 heteroatoms. The van der Waals surface area contributed by atoms with E-state index < -0.39 is 11.7 Å². The fourth-order valence-corrected chi connectivity index (χ4v) is 3.14. The summed E-state index contributed by atoms with van der Waals surface area (Å²) < 4.78 is 45.6. The topological polar surface area (TPSA) is 66.0 Å². The maximum atomic E-state index is 12.7. The highest BCUT2D eigenvalue weighted by molar-refractivity contribution is 5.30. The third-order valence-electron chi connectivity index (χ3n) is 4.66. The first-order chi connectivity index (χ1) is 11.8. The number of nitrogens with two attached hydrogens (primary N) is 1. The molecule has 0 bridgehead atoms. The van der Waals surface area contributed by atoms with Crippen LogP contribution in [-0.2, 0) is 19.8 Å². The monoisotopic (exact) mass is 354 g/mol. The Balaban J connectivity index is 1.66. The van der Waals surface area contributed by atoms with Crippen molar-refractivity contribution >= 4 is 0 Å². The number of nitrogens with zero attached hydrogens (tertiary/aromatic N) is 3. The minimum atomic E-state index is -4.39. The summed E-state index contributed by atoms with van der Waals surface area (Å²) in [5.41, 5.74) is 5.20. The smallest absolute Gasteiger partial charge is 0.416 e. The molecule has 0 saturated heterocycles. The second-order valence-corrected chi connectivity index (χ2v) is 6.46. The zero-order valence-electron chi connectivity index (χ0n) is 14.0. The van der Waals surface area contributed by atoms with Crippen molar-refractivity contribution in [2.45, 2.75) is 50.4 Å². The molecule has 25 heavy (non-hydrogen) atoms. The summed E-state index contributed by atoms with van der Waals surface area (Å²) in [7, 11) is 1.86. The van der Waals surface area contributed by atoms with Gasteiger partial charge in [0.25, 0.3) is 0 Å². The Morgan fingerprint density at radius 1 is 1.20 bits per heavy atom. The van der Waals surface area contributed by atoms with Crippen molar-refractivity contribution < 1.29 is 17.9 Å². The van der Waals surface area contributed by atoms with Gasteiger partial charge in [0.2, 0.25) is 0 Å². The van der Waals surface area contributed by atoms with Crippen LogP contribution in [0.2, 0.25) is 0 Å². The summed E-state index contributed by atoms with van der Waals surface area (Å²) in [5, 5.41) is 8.38. The van der Waals surface area contributed by atoms with E-state index in [-0.39, 0.29) is 18.4 Å². The molecule has 0 atom stereocenters. The number of ether oxygens (including phenoxy) is 1. The number of rotatable bonds is 4. The molecule has 1 saturated carbocycles. The lowest BCUT2D eigenvalue weighted by atomic mass is 9.86. The van der Waals surface area contributed by atoms with Crippen LogP contribution < -0.4 is 10.5 Å². The summed E-state index contributed by atoms with van der Waals surface area (Å²) in [4.78, 5) is 0. The lowest BCUT2D eigenvalue weighted by molar-refractivity contribution is -0.137. The second kappa shape index (κ2) is 7.03. The maximum Gasteiger partial charge on any atom is 0.416 e. The van der Waals surface area contributed by atoms with Gasteiger partial charge in [-0.05, 0) is 43.9 Å². The van der Waals surface area contributed by atoms with E-state index in [2.05, 4.69) is 10.2 Å². The van der Waals surface area contributed by atoms with Gasteiger partial charge in [0, 0.05) is 19.0 Å². The van der Waals surface area contributed by atoms with Gasteiger partial charge in [0.15, 0.2) is 5.82 Å². The van der Waals surface area contributed by atoms with Gasteiger partial charge >= 0.3 is 6.18 Å². The van der Waals surface area contributed by atoms with Crippen LogP contribution in [0, 0.1) is 0 Å². The molecule has 0 radical (unpaired) electrons. The summed E-state index contributed by atoms with van der Waals surface area (Å²) in [5.74, 6) is 1.94. The minimum Gasteiger partial charge on any atom is -0.486 e. The van der Waals surface area contributed by atoms with Gasteiger partial charge in [-0.3, -0.25) is 0 Å². The zero-order valence-corrected chi connectivity index (χ0v) is 14.0. The van der Waals surface area contributed by atoms with Crippen molar-refractivity contribution in [3.8, 4) is 5.75 Å². The van der Waals surface area contributed by atoms with Crippen molar-refractivity contribution in [2.75, 3.05) is 0 Å². The van der Waals surface area contributed by atoms with Gasteiger partial charge in [0.1, 0.15) is 18.2 Å². The minimum absolute atomic E-state index is 0.0665. The number of alkyl halides is 3. The summed E-state index contributed by atoms with van der Waals surface area (Å²) in [6.07, 6.45) is -0.510. The molecule has 0 spiro atoms. The molecule has 1 aliphatic rings. The summed E-state index contributed by atoms with van der Waals surface area (Å²) >= 11 is 0. The largest absolute Gasteiger partial charge is 0.486 e. The molecule has 5 nitrogen and oxygen atoms in total. The molecule has 2 N–H and O–H groups in total. The molecular formula is C17H21F3N4O. The first-order valence-corrected chi connectivity index (χ1v) is 8.28. The van der Waals surface area contributed by atoms with Gasteiger partial charge < -0.3 is 15.0 Å². The fraction of sp³-hybridized carbons (Fsp3) is 0.529. The third kappa shape index (κ3) is 4.12. The van der Waals surface area contributed by atoms with Crippen molar-refractivity contribution in [1.82, 2.24) is 14.8 Å². The van der Waals surface area contributed by atoms with Crippen molar-refractivity contribution in [3.05, 3.63) is 41.5 Å². The van der Waals surface area contributed by atoms with Crippen LogP contribution in [0.1, 0.15) is 48.8 Å². The molecule has 136 valence electrons. The maximum absolute atomic E-state index is 12.7. The van der Waals surface area contributed by atoms with Crippen molar-refractivity contribution in [1.29, 1.82) is 0 Å². The molecule has 3 rings (SSSR count). The molecule has 0 aliphatic heterocycles. The van der Waals surface area contributed by atoms with E-state index in [0.29, 0.717) is 11.7 Å². The lowest BCUT2D eigenvalue weighted by Crippen LogP contribution is -2.26. The quantitative estimate of drug-likeness (QED) is 0.914. The van der Waals surface area contributed by atoms with E-state index >= 15 is 0 Å². The summed E-state index contributed by atoms with van der Waals surface area (Å²) in [6, 6.07) is 5.08. The Hall–Kier alpha value is -2.09. The Labute approximate surface area is 144 Å². The van der Waals surface area contributed by atoms with Gasteiger partial charge in [0.05, 0.1) is 5.56 Å². The van der Waals surface area contributed by atoms with Crippen molar-refractivity contribution in [3.63, 3.8) is 0 Å². The van der Waals surface area contributed by atoms with Gasteiger partial charge in [-0.1, -0.05) is 6.07 Å². The van der Waals surface area contributed by atoms with E-state index in [0.717, 1.165) is 43.6 Å². The molecule has 1 heterocycles. The van der Waals surface area contributed by atoms with Gasteiger partial charge in [-0.2, -0.15) is 13.2 Å². The van der Waals surface area contributed by atoms with Crippen LogP contribution in [0.3, 0.4) is 0 Å². The molecule has 1 fully saturated rings. The van der Waals surface area contributed by atoms with Crippen LogP contribution >= 0.6 is 0 Å². The number of halogens is 3. The van der Waals surface area contributed by atoms with Crippen molar-refractivity contribution in [2.24, 2.45) is 12.8 Å².